The van der Waals surface area contributed by atoms with Crippen molar-refractivity contribution < 1.29 is 9.53 Å². The topological polar surface area (TPSA) is 50.4 Å². The smallest absolute Gasteiger partial charge is 0.225 e. The summed E-state index contributed by atoms with van der Waals surface area (Å²) >= 11 is 0. The molecule has 0 aliphatic carbocycles. The summed E-state index contributed by atoms with van der Waals surface area (Å²) in [6.45, 7) is 15.9. The molecule has 20 heavy (non-hydrogen) atoms. The van der Waals surface area contributed by atoms with Crippen molar-refractivity contribution in [1.29, 1.82) is 0 Å². The number of ether oxygens (including phenoxy) is 1. The number of rotatable bonds is 10. The normalized spacial score (nSPS) is 13.9. The van der Waals surface area contributed by atoms with Crippen molar-refractivity contribution >= 4 is 5.91 Å². The Morgan fingerprint density at radius 2 is 1.95 bits per heavy atom. The Labute approximate surface area is 124 Å². The van der Waals surface area contributed by atoms with Gasteiger partial charge in [-0.3, -0.25) is 4.79 Å². The van der Waals surface area contributed by atoms with Crippen LogP contribution in [-0.2, 0) is 9.53 Å². The molecule has 0 fully saturated rings. The molecule has 4 nitrogen and oxygen atoms in total. The summed E-state index contributed by atoms with van der Waals surface area (Å²) in [5.41, 5.74) is -0.298. The second-order valence-electron chi connectivity index (χ2n) is 6.82. The fraction of sp³-hybridized carbons (Fsp3) is 0.812. The van der Waals surface area contributed by atoms with Crippen molar-refractivity contribution in [2.75, 3.05) is 26.7 Å². The highest BCUT2D eigenvalue weighted by molar-refractivity contribution is 5.81. The lowest BCUT2D eigenvalue weighted by atomic mass is 9.74. The molecule has 1 atom stereocenters. The van der Waals surface area contributed by atoms with E-state index in [1.807, 2.05) is 27.8 Å². The number of carbonyl (C=O) groups is 1. The number of hydrogen-bond donors (Lipinski definition) is 2. The van der Waals surface area contributed by atoms with Gasteiger partial charge in [-0.15, -0.1) is 6.58 Å². The Hall–Kier alpha value is -0.870. The van der Waals surface area contributed by atoms with Crippen LogP contribution in [0.25, 0.3) is 0 Å². The Balaban J connectivity index is 4.20. The van der Waals surface area contributed by atoms with E-state index in [4.69, 9.17) is 4.74 Å². The molecule has 0 aromatic heterocycles. The third-order valence-corrected chi connectivity index (χ3v) is 3.29. The van der Waals surface area contributed by atoms with Gasteiger partial charge in [-0.1, -0.05) is 33.8 Å². The van der Waals surface area contributed by atoms with Gasteiger partial charge in [-0.25, -0.2) is 0 Å². The summed E-state index contributed by atoms with van der Waals surface area (Å²) in [7, 11) is 1.94. The first-order valence-electron chi connectivity index (χ1n) is 7.32. The molecule has 0 radical (unpaired) electrons. The van der Waals surface area contributed by atoms with E-state index in [0.717, 1.165) is 13.0 Å². The molecule has 0 spiro atoms. The highest BCUT2D eigenvalue weighted by atomic mass is 16.5. The fourth-order valence-electron chi connectivity index (χ4n) is 2.53. The molecular weight excluding hydrogens is 252 g/mol. The van der Waals surface area contributed by atoms with Crippen molar-refractivity contribution in [2.45, 2.75) is 47.1 Å². The summed E-state index contributed by atoms with van der Waals surface area (Å²) < 4.78 is 5.45. The van der Waals surface area contributed by atoms with Gasteiger partial charge >= 0.3 is 0 Å². The van der Waals surface area contributed by atoms with Crippen LogP contribution in [0.1, 0.15) is 41.0 Å². The Bertz CT molecular complexity index is 312. The zero-order valence-electron chi connectivity index (χ0n) is 14.0. The molecule has 0 aliphatic heterocycles. The third kappa shape index (κ3) is 7.65. The Kier molecular flexibility index (Phi) is 8.06. The predicted octanol–water partition coefficient (Wildman–Crippen LogP) is 2.36. The average Bonchev–Trinajstić information content (AvgIpc) is 2.32. The SMILES string of the molecule is C=CC(C)OCCNC(=O)C(C)(C)CC(C)(C)CNC. The summed E-state index contributed by atoms with van der Waals surface area (Å²) in [6, 6.07) is 0. The fourth-order valence-corrected chi connectivity index (χ4v) is 2.53. The molecule has 0 aromatic rings. The van der Waals surface area contributed by atoms with Crippen LogP contribution in [0.5, 0.6) is 0 Å². The van der Waals surface area contributed by atoms with Crippen LogP contribution >= 0.6 is 0 Å². The van der Waals surface area contributed by atoms with Gasteiger partial charge in [0.25, 0.3) is 0 Å². The van der Waals surface area contributed by atoms with Crippen molar-refractivity contribution in [3.8, 4) is 0 Å². The molecule has 0 aliphatic rings. The summed E-state index contributed by atoms with van der Waals surface area (Å²) in [5.74, 6) is 0.0801. The van der Waals surface area contributed by atoms with Crippen LogP contribution in [-0.4, -0.2) is 38.8 Å². The van der Waals surface area contributed by atoms with Crippen LogP contribution in [0.2, 0.25) is 0 Å². The van der Waals surface area contributed by atoms with Crippen LogP contribution in [0.3, 0.4) is 0 Å². The van der Waals surface area contributed by atoms with Crippen molar-refractivity contribution in [2.24, 2.45) is 10.8 Å². The summed E-state index contributed by atoms with van der Waals surface area (Å²) in [5, 5.41) is 6.13. The molecule has 0 saturated heterocycles. The third-order valence-electron chi connectivity index (χ3n) is 3.29. The van der Waals surface area contributed by atoms with E-state index in [9.17, 15) is 4.79 Å². The molecule has 0 saturated carbocycles. The molecule has 1 unspecified atom stereocenters. The highest BCUT2D eigenvalue weighted by Gasteiger charge is 2.34. The molecule has 0 rings (SSSR count). The first-order chi connectivity index (χ1) is 9.14. The van der Waals surface area contributed by atoms with Gasteiger partial charge < -0.3 is 15.4 Å². The highest BCUT2D eigenvalue weighted by Crippen LogP contribution is 2.33. The summed E-state index contributed by atoms with van der Waals surface area (Å²) in [4.78, 5) is 12.3. The maximum Gasteiger partial charge on any atom is 0.225 e. The lowest BCUT2D eigenvalue weighted by Gasteiger charge is -2.34. The predicted molar refractivity (Wildman–Crippen MR) is 84.7 cm³/mol. The van der Waals surface area contributed by atoms with E-state index in [2.05, 4.69) is 31.1 Å². The van der Waals surface area contributed by atoms with Crippen molar-refractivity contribution in [3.05, 3.63) is 12.7 Å². The van der Waals surface area contributed by atoms with Crippen LogP contribution in [0.15, 0.2) is 12.7 Å². The zero-order chi connectivity index (χ0) is 15.8. The maximum absolute atomic E-state index is 12.3. The second kappa shape index (κ2) is 8.42. The van der Waals surface area contributed by atoms with Gasteiger partial charge in [0.2, 0.25) is 5.91 Å². The van der Waals surface area contributed by atoms with E-state index in [1.54, 1.807) is 6.08 Å². The minimum Gasteiger partial charge on any atom is -0.373 e. The standard InChI is InChI=1S/C16H32N2O2/c1-8-13(2)20-10-9-18-14(19)16(5,6)11-15(3,4)12-17-7/h8,13,17H,1,9-12H2,2-7H3,(H,18,19). The maximum atomic E-state index is 12.3. The van der Waals surface area contributed by atoms with E-state index in [1.165, 1.54) is 0 Å². The van der Waals surface area contributed by atoms with Crippen molar-refractivity contribution in [3.63, 3.8) is 0 Å². The quantitative estimate of drug-likeness (QED) is 0.478. The Morgan fingerprint density at radius 1 is 1.35 bits per heavy atom. The number of carbonyl (C=O) groups excluding carboxylic acids is 1. The van der Waals surface area contributed by atoms with Gasteiger partial charge in [0.15, 0.2) is 0 Å². The average molecular weight is 284 g/mol. The van der Waals surface area contributed by atoms with E-state index in [0.29, 0.717) is 13.2 Å². The zero-order valence-corrected chi connectivity index (χ0v) is 14.0. The Morgan fingerprint density at radius 3 is 2.45 bits per heavy atom. The molecule has 0 aromatic carbocycles. The van der Waals surface area contributed by atoms with Gasteiger partial charge in [-0.2, -0.15) is 0 Å². The molecule has 0 heterocycles. The van der Waals surface area contributed by atoms with Gasteiger partial charge in [0, 0.05) is 12.0 Å². The number of amides is 1. The van der Waals surface area contributed by atoms with Gasteiger partial charge in [0.05, 0.1) is 12.7 Å². The van der Waals surface area contributed by atoms with Crippen LogP contribution in [0, 0.1) is 10.8 Å². The van der Waals surface area contributed by atoms with Gasteiger partial charge in [-0.05, 0) is 32.4 Å². The van der Waals surface area contributed by atoms with E-state index >= 15 is 0 Å². The first-order valence-corrected chi connectivity index (χ1v) is 7.32. The molecule has 2 N–H and O–H groups in total. The molecule has 0 bridgehead atoms. The van der Waals surface area contributed by atoms with E-state index in [-0.39, 0.29) is 22.8 Å². The minimum absolute atomic E-state index is 0.0227. The first kappa shape index (κ1) is 19.1. The molecule has 4 heteroatoms. The summed E-state index contributed by atoms with van der Waals surface area (Å²) in [6.07, 6.45) is 2.59. The largest absolute Gasteiger partial charge is 0.373 e. The van der Waals surface area contributed by atoms with Crippen LogP contribution in [0.4, 0.5) is 0 Å². The lowest BCUT2D eigenvalue weighted by molar-refractivity contribution is -0.131. The number of hydrogen-bond acceptors (Lipinski definition) is 3. The lowest BCUT2D eigenvalue weighted by Crippen LogP contribution is -2.42. The molecular formula is C16H32N2O2. The van der Waals surface area contributed by atoms with Crippen molar-refractivity contribution in [1.82, 2.24) is 10.6 Å². The molecule has 1 amide bonds. The monoisotopic (exact) mass is 284 g/mol. The number of nitrogens with one attached hydrogen (secondary N) is 2. The second-order valence-corrected chi connectivity index (χ2v) is 6.82. The minimum atomic E-state index is -0.385. The molecule has 118 valence electrons. The van der Waals surface area contributed by atoms with E-state index < -0.39 is 0 Å². The van der Waals surface area contributed by atoms with Gasteiger partial charge in [0.1, 0.15) is 0 Å². The van der Waals surface area contributed by atoms with Crippen LogP contribution < -0.4 is 10.6 Å².